The van der Waals surface area contributed by atoms with Gasteiger partial charge in [-0.25, -0.2) is 4.98 Å². The molecule has 0 radical (unpaired) electrons. The molecule has 0 aliphatic rings. The number of nitrogens with one attached hydrogen (secondary N) is 1. The lowest BCUT2D eigenvalue weighted by atomic mass is 10.2. The first-order valence-electron chi connectivity index (χ1n) is 4.11. The van der Waals surface area contributed by atoms with E-state index in [1.54, 1.807) is 6.07 Å². The third kappa shape index (κ3) is 1.56. The molecule has 0 saturated heterocycles. The van der Waals surface area contributed by atoms with Gasteiger partial charge in [0.2, 0.25) is 0 Å². The summed E-state index contributed by atoms with van der Waals surface area (Å²) in [5.74, 6) is 0.441. The van der Waals surface area contributed by atoms with E-state index < -0.39 is 0 Å². The summed E-state index contributed by atoms with van der Waals surface area (Å²) in [6.45, 7) is 1.89. The second-order valence-corrected chi connectivity index (χ2v) is 3.36. The first-order valence-corrected chi connectivity index (χ1v) is 4.49. The lowest BCUT2D eigenvalue weighted by Gasteiger charge is -2.00. The third-order valence-corrected chi connectivity index (χ3v) is 2.16. The number of nitrogen functional groups attached to an aromatic ring is 1. The smallest absolute Gasteiger partial charge is 0.145 e. The number of aromatic nitrogens is 3. The van der Waals surface area contributed by atoms with Gasteiger partial charge in [-0.2, -0.15) is 5.10 Å². The fourth-order valence-electron chi connectivity index (χ4n) is 1.20. The predicted octanol–water partition coefficient (Wildman–Crippen LogP) is 2.02. The number of nitrogens with zero attached hydrogens (tertiary/aromatic N) is 2. The average Bonchev–Trinajstić information content (AvgIpc) is 2.51. The molecular weight excluding hydrogens is 200 g/mol. The molecular formula is C9H9ClN4. The van der Waals surface area contributed by atoms with E-state index >= 15 is 0 Å². The van der Waals surface area contributed by atoms with Crippen LogP contribution in [0.25, 0.3) is 11.3 Å². The van der Waals surface area contributed by atoms with Crippen LogP contribution in [0.4, 0.5) is 5.82 Å². The molecule has 0 aliphatic carbocycles. The highest BCUT2D eigenvalue weighted by atomic mass is 35.5. The van der Waals surface area contributed by atoms with E-state index in [2.05, 4.69) is 15.2 Å². The van der Waals surface area contributed by atoms with Crippen LogP contribution in [0.15, 0.2) is 18.2 Å². The zero-order chi connectivity index (χ0) is 10.1. The van der Waals surface area contributed by atoms with Gasteiger partial charge < -0.3 is 5.73 Å². The molecule has 0 amide bonds. The van der Waals surface area contributed by atoms with E-state index in [0.29, 0.717) is 11.0 Å². The van der Waals surface area contributed by atoms with Gasteiger partial charge in [0.15, 0.2) is 0 Å². The second-order valence-electron chi connectivity index (χ2n) is 3.00. The first kappa shape index (κ1) is 9.02. The van der Waals surface area contributed by atoms with E-state index in [1.165, 1.54) is 0 Å². The Morgan fingerprint density at radius 2 is 2.21 bits per heavy atom. The van der Waals surface area contributed by atoms with Gasteiger partial charge in [-0.15, -0.1) is 0 Å². The van der Waals surface area contributed by atoms with Crippen LogP contribution in [0.3, 0.4) is 0 Å². The van der Waals surface area contributed by atoms with E-state index in [4.69, 9.17) is 17.3 Å². The molecule has 5 heteroatoms. The molecule has 0 bridgehead atoms. The number of H-pyrrole nitrogens is 1. The van der Waals surface area contributed by atoms with Crippen LogP contribution in [-0.4, -0.2) is 15.2 Å². The number of hydrogen-bond donors (Lipinski definition) is 2. The largest absolute Gasteiger partial charge is 0.382 e. The van der Waals surface area contributed by atoms with Crippen molar-refractivity contribution in [3.05, 3.63) is 29.0 Å². The summed E-state index contributed by atoms with van der Waals surface area (Å²) in [5, 5.41) is 7.06. The third-order valence-electron chi connectivity index (χ3n) is 1.88. The summed E-state index contributed by atoms with van der Waals surface area (Å²) in [7, 11) is 0. The van der Waals surface area contributed by atoms with Gasteiger partial charge in [0, 0.05) is 17.3 Å². The van der Waals surface area contributed by atoms with Crippen molar-refractivity contribution >= 4 is 17.4 Å². The van der Waals surface area contributed by atoms with E-state index in [9.17, 15) is 0 Å². The van der Waals surface area contributed by atoms with Gasteiger partial charge in [-0.3, -0.25) is 5.10 Å². The zero-order valence-electron chi connectivity index (χ0n) is 7.58. The maximum absolute atomic E-state index is 5.97. The lowest BCUT2D eigenvalue weighted by Crippen LogP contribution is -1.86. The minimum absolute atomic E-state index is 0.441. The Hall–Kier alpha value is -1.55. The van der Waals surface area contributed by atoms with Crippen molar-refractivity contribution in [1.29, 1.82) is 0 Å². The molecule has 2 aromatic heterocycles. The minimum atomic E-state index is 0.441. The molecule has 72 valence electrons. The first-order chi connectivity index (χ1) is 6.66. The number of hydrogen-bond acceptors (Lipinski definition) is 3. The van der Waals surface area contributed by atoms with Crippen LogP contribution in [0.1, 0.15) is 5.69 Å². The highest BCUT2D eigenvalue weighted by Gasteiger charge is 2.06. The second kappa shape index (κ2) is 3.31. The van der Waals surface area contributed by atoms with Crippen LogP contribution in [0.5, 0.6) is 0 Å². The maximum Gasteiger partial charge on any atom is 0.145 e. The van der Waals surface area contributed by atoms with Gasteiger partial charge in [-0.05, 0) is 19.1 Å². The number of aryl methyl sites for hydroxylation is 1. The van der Waals surface area contributed by atoms with Crippen LogP contribution in [0.2, 0.25) is 5.15 Å². The van der Waals surface area contributed by atoms with Crippen molar-refractivity contribution in [2.24, 2.45) is 0 Å². The van der Waals surface area contributed by atoms with Crippen molar-refractivity contribution in [3.8, 4) is 11.3 Å². The van der Waals surface area contributed by atoms with Crippen LogP contribution < -0.4 is 5.73 Å². The molecule has 4 nitrogen and oxygen atoms in total. The van der Waals surface area contributed by atoms with Crippen molar-refractivity contribution in [1.82, 2.24) is 15.2 Å². The molecule has 0 aromatic carbocycles. The molecule has 0 saturated carbocycles. The molecule has 0 aliphatic heterocycles. The van der Waals surface area contributed by atoms with Gasteiger partial charge in [0.1, 0.15) is 11.0 Å². The Kier molecular flexibility index (Phi) is 2.13. The lowest BCUT2D eigenvalue weighted by molar-refractivity contribution is 1.10. The fraction of sp³-hybridized carbons (Fsp3) is 0.111. The summed E-state index contributed by atoms with van der Waals surface area (Å²) >= 11 is 5.97. The van der Waals surface area contributed by atoms with E-state index in [0.717, 1.165) is 17.0 Å². The standard InChI is InChI=1S/C9H9ClN4/c1-5-2-3-6(9(10)12-5)7-4-8(11)14-13-7/h2-4H,1H3,(H3,11,13,14). The SMILES string of the molecule is Cc1ccc(-c2cc(N)n[nH]2)c(Cl)n1. The van der Waals surface area contributed by atoms with Gasteiger partial charge >= 0.3 is 0 Å². The number of pyridine rings is 1. The van der Waals surface area contributed by atoms with Crippen molar-refractivity contribution in [3.63, 3.8) is 0 Å². The quantitative estimate of drug-likeness (QED) is 0.705. The topological polar surface area (TPSA) is 67.6 Å². The molecule has 14 heavy (non-hydrogen) atoms. The molecule has 2 rings (SSSR count). The summed E-state index contributed by atoms with van der Waals surface area (Å²) in [4.78, 5) is 4.14. The number of halogens is 1. The van der Waals surface area contributed by atoms with Crippen LogP contribution in [0, 0.1) is 6.92 Å². The number of anilines is 1. The van der Waals surface area contributed by atoms with Crippen molar-refractivity contribution < 1.29 is 0 Å². The Bertz CT molecular complexity index is 464. The van der Waals surface area contributed by atoms with Gasteiger partial charge in [-0.1, -0.05) is 11.6 Å². The average molecular weight is 209 g/mol. The maximum atomic E-state index is 5.97. The molecule has 0 spiro atoms. The number of nitrogens with two attached hydrogens (primary N) is 1. The number of aromatic amines is 1. The summed E-state index contributed by atoms with van der Waals surface area (Å²) in [6.07, 6.45) is 0. The molecule has 2 heterocycles. The fourth-order valence-corrected chi connectivity index (χ4v) is 1.50. The van der Waals surface area contributed by atoms with Crippen LogP contribution in [-0.2, 0) is 0 Å². The van der Waals surface area contributed by atoms with Gasteiger partial charge in [0.05, 0.1) is 5.69 Å². The molecule has 0 unspecified atom stereocenters. The van der Waals surface area contributed by atoms with Crippen molar-refractivity contribution in [2.45, 2.75) is 6.92 Å². The Morgan fingerprint density at radius 3 is 2.79 bits per heavy atom. The summed E-state index contributed by atoms with van der Waals surface area (Å²) < 4.78 is 0. The minimum Gasteiger partial charge on any atom is -0.382 e. The van der Waals surface area contributed by atoms with Crippen molar-refractivity contribution in [2.75, 3.05) is 5.73 Å². The Morgan fingerprint density at radius 1 is 1.43 bits per heavy atom. The predicted molar refractivity (Wildman–Crippen MR) is 56.0 cm³/mol. The molecule has 0 fully saturated rings. The normalized spacial score (nSPS) is 10.4. The summed E-state index contributed by atoms with van der Waals surface area (Å²) in [6, 6.07) is 5.49. The van der Waals surface area contributed by atoms with Gasteiger partial charge in [0.25, 0.3) is 0 Å². The number of rotatable bonds is 1. The molecule has 0 atom stereocenters. The Labute approximate surface area is 86.1 Å². The van der Waals surface area contributed by atoms with E-state index in [1.807, 2.05) is 19.1 Å². The zero-order valence-corrected chi connectivity index (χ0v) is 8.34. The summed E-state index contributed by atoms with van der Waals surface area (Å²) in [5.41, 5.74) is 7.96. The highest BCUT2D eigenvalue weighted by molar-refractivity contribution is 6.32. The highest BCUT2D eigenvalue weighted by Crippen LogP contribution is 2.25. The van der Waals surface area contributed by atoms with Crippen LogP contribution >= 0.6 is 11.6 Å². The molecule has 3 N–H and O–H groups in total. The molecule has 2 aromatic rings. The monoisotopic (exact) mass is 208 g/mol. The Balaban J connectivity index is 2.52. The van der Waals surface area contributed by atoms with E-state index in [-0.39, 0.29) is 0 Å².